The van der Waals surface area contributed by atoms with Crippen molar-refractivity contribution in [1.29, 1.82) is 5.26 Å². The van der Waals surface area contributed by atoms with Gasteiger partial charge in [-0.25, -0.2) is 0 Å². The normalized spacial score (nSPS) is 16.4. The molecule has 2 amide bonds. The summed E-state index contributed by atoms with van der Waals surface area (Å²) in [4.78, 5) is 27.9. The fourth-order valence-corrected chi connectivity index (χ4v) is 4.07. The average Bonchev–Trinajstić information content (AvgIpc) is 3.08. The molecular weight excluding hydrogens is 382 g/mol. The lowest BCUT2D eigenvalue weighted by atomic mass is 10.1. The van der Waals surface area contributed by atoms with Crippen LogP contribution in [0.1, 0.15) is 34.6 Å². The van der Waals surface area contributed by atoms with Gasteiger partial charge < -0.3 is 19.9 Å². The SMILES string of the molecule is N#Cc1c(NC(=O)CN2CCOCC2)c(C(=O)Nc2ccccc2)n2c1CCCC2. The molecule has 0 unspecified atom stereocenters. The number of hydrogen-bond acceptors (Lipinski definition) is 5. The first-order chi connectivity index (χ1) is 14.7. The first-order valence-corrected chi connectivity index (χ1v) is 10.3. The van der Waals surface area contributed by atoms with E-state index in [-0.39, 0.29) is 18.4 Å². The quantitative estimate of drug-likeness (QED) is 0.792. The highest BCUT2D eigenvalue weighted by atomic mass is 16.5. The summed E-state index contributed by atoms with van der Waals surface area (Å²) in [5.74, 6) is -0.558. The van der Waals surface area contributed by atoms with E-state index in [2.05, 4.69) is 16.7 Å². The monoisotopic (exact) mass is 407 g/mol. The highest BCUT2D eigenvalue weighted by molar-refractivity contribution is 6.10. The largest absolute Gasteiger partial charge is 0.379 e. The number of ether oxygens (including phenoxy) is 1. The Morgan fingerprint density at radius 1 is 1.07 bits per heavy atom. The van der Waals surface area contributed by atoms with E-state index in [0.717, 1.165) is 18.5 Å². The third-order valence-corrected chi connectivity index (χ3v) is 5.51. The minimum absolute atomic E-state index is 0.203. The van der Waals surface area contributed by atoms with Crippen molar-refractivity contribution in [1.82, 2.24) is 9.47 Å². The molecule has 0 spiro atoms. The smallest absolute Gasteiger partial charge is 0.274 e. The number of morpholine rings is 1. The van der Waals surface area contributed by atoms with Gasteiger partial charge in [-0.3, -0.25) is 14.5 Å². The predicted octanol–water partition coefficient (Wildman–Crippen LogP) is 2.22. The lowest BCUT2D eigenvalue weighted by Crippen LogP contribution is -2.41. The molecule has 0 atom stereocenters. The zero-order valence-corrected chi connectivity index (χ0v) is 16.8. The number of nitrogens with one attached hydrogen (secondary N) is 2. The van der Waals surface area contributed by atoms with Gasteiger partial charge in [0.25, 0.3) is 5.91 Å². The maximum Gasteiger partial charge on any atom is 0.274 e. The van der Waals surface area contributed by atoms with Gasteiger partial charge in [0.05, 0.1) is 31.0 Å². The lowest BCUT2D eigenvalue weighted by molar-refractivity contribution is -0.118. The van der Waals surface area contributed by atoms with Crippen LogP contribution < -0.4 is 10.6 Å². The number of para-hydroxylation sites is 1. The number of benzene rings is 1. The Morgan fingerprint density at radius 2 is 1.83 bits per heavy atom. The van der Waals surface area contributed by atoms with Gasteiger partial charge in [0, 0.05) is 31.0 Å². The van der Waals surface area contributed by atoms with Crippen LogP contribution >= 0.6 is 0 Å². The van der Waals surface area contributed by atoms with Crippen molar-refractivity contribution in [3.05, 3.63) is 47.3 Å². The zero-order valence-electron chi connectivity index (χ0n) is 16.8. The summed E-state index contributed by atoms with van der Waals surface area (Å²) >= 11 is 0. The molecular formula is C22H25N5O3. The Labute approximate surface area is 175 Å². The Kier molecular flexibility index (Phi) is 6.12. The molecule has 1 saturated heterocycles. The Morgan fingerprint density at radius 3 is 2.57 bits per heavy atom. The molecule has 2 N–H and O–H groups in total. The second kappa shape index (κ2) is 9.11. The fourth-order valence-electron chi connectivity index (χ4n) is 4.07. The lowest BCUT2D eigenvalue weighted by Gasteiger charge is -2.25. The van der Waals surface area contributed by atoms with E-state index in [1.54, 1.807) is 12.1 Å². The third-order valence-electron chi connectivity index (χ3n) is 5.51. The molecule has 156 valence electrons. The maximum atomic E-state index is 13.2. The van der Waals surface area contributed by atoms with Crippen LogP contribution in [-0.4, -0.2) is 54.1 Å². The second-order valence-electron chi connectivity index (χ2n) is 7.52. The van der Waals surface area contributed by atoms with Crippen LogP contribution in [0.15, 0.2) is 30.3 Å². The van der Waals surface area contributed by atoms with E-state index < -0.39 is 0 Å². The minimum Gasteiger partial charge on any atom is -0.379 e. The predicted molar refractivity (Wildman–Crippen MR) is 112 cm³/mol. The van der Waals surface area contributed by atoms with Crippen LogP contribution in [-0.2, 0) is 22.5 Å². The molecule has 0 radical (unpaired) electrons. The van der Waals surface area contributed by atoms with Crippen molar-refractivity contribution in [3.63, 3.8) is 0 Å². The molecule has 2 aromatic rings. The molecule has 0 aliphatic carbocycles. The van der Waals surface area contributed by atoms with E-state index in [9.17, 15) is 14.9 Å². The molecule has 8 heteroatoms. The molecule has 2 aliphatic rings. The van der Waals surface area contributed by atoms with Crippen molar-refractivity contribution in [2.45, 2.75) is 25.8 Å². The van der Waals surface area contributed by atoms with Crippen molar-refractivity contribution in [2.24, 2.45) is 0 Å². The van der Waals surface area contributed by atoms with Gasteiger partial charge in [0.2, 0.25) is 5.91 Å². The molecule has 1 fully saturated rings. The fraction of sp³-hybridized carbons (Fsp3) is 0.409. The molecule has 0 saturated carbocycles. The molecule has 2 aliphatic heterocycles. The van der Waals surface area contributed by atoms with E-state index in [1.165, 1.54) is 0 Å². The number of fused-ring (bicyclic) bond motifs is 1. The molecule has 30 heavy (non-hydrogen) atoms. The highest BCUT2D eigenvalue weighted by Gasteiger charge is 2.30. The van der Waals surface area contributed by atoms with E-state index in [0.29, 0.717) is 61.9 Å². The summed E-state index contributed by atoms with van der Waals surface area (Å²) in [6.45, 7) is 3.43. The Hall–Kier alpha value is -3.15. The molecule has 8 nitrogen and oxygen atoms in total. The Balaban J connectivity index is 1.64. The topological polar surface area (TPSA) is 99.4 Å². The van der Waals surface area contributed by atoms with Crippen molar-refractivity contribution >= 4 is 23.2 Å². The van der Waals surface area contributed by atoms with Gasteiger partial charge in [0.15, 0.2) is 0 Å². The van der Waals surface area contributed by atoms with Crippen molar-refractivity contribution in [2.75, 3.05) is 43.5 Å². The second-order valence-corrected chi connectivity index (χ2v) is 7.52. The van der Waals surface area contributed by atoms with E-state index in [1.807, 2.05) is 27.7 Å². The van der Waals surface area contributed by atoms with Gasteiger partial charge in [-0.05, 0) is 31.4 Å². The number of aromatic nitrogens is 1. The number of amides is 2. The van der Waals surface area contributed by atoms with Gasteiger partial charge >= 0.3 is 0 Å². The zero-order chi connectivity index (χ0) is 20.9. The highest BCUT2D eigenvalue weighted by Crippen LogP contribution is 2.33. The number of carbonyl (C=O) groups is 2. The van der Waals surface area contributed by atoms with Gasteiger partial charge in [-0.2, -0.15) is 5.26 Å². The summed E-state index contributed by atoms with van der Waals surface area (Å²) < 4.78 is 7.22. The number of anilines is 2. The number of carbonyl (C=O) groups excluding carboxylic acids is 2. The van der Waals surface area contributed by atoms with Gasteiger partial charge in [0.1, 0.15) is 11.8 Å². The van der Waals surface area contributed by atoms with Gasteiger partial charge in [-0.1, -0.05) is 18.2 Å². The summed E-state index contributed by atoms with van der Waals surface area (Å²) in [5, 5.41) is 15.6. The summed E-state index contributed by atoms with van der Waals surface area (Å²) in [6.07, 6.45) is 2.60. The van der Waals surface area contributed by atoms with Crippen LogP contribution in [0.5, 0.6) is 0 Å². The summed E-state index contributed by atoms with van der Waals surface area (Å²) in [5.41, 5.74) is 2.55. The van der Waals surface area contributed by atoms with Crippen LogP contribution in [0, 0.1) is 11.3 Å². The van der Waals surface area contributed by atoms with Crippen LogP contribution in [0.25, 0.3) is 0 Å². The standard InChI is InChI=1S/C22H25N5O3/c23-14-17-18-8-4-5-9-27(18)21(22(29)24-16-6-2-1-3-7-16)20(17)25-19(28)15-26-10-12-30-13-11-26/h1-3,6-7H,4-5,8-13,15H2,(H,24,29)(H,25,28). The maximum absolute atomic E-state index is 13.2. The molecule has 1 aromatic heterocycles. The third kappa shape index (κ3) is 4.22. The number of hydrogen-bond donors (Lipinski definition) is 2. The van der Waals surface area contributed by atoms with Crippen LogP contribution in [0.3, 0.4) is 0 Å². The van der Waals surface area contributed by atoms with E-state index in [4.69, 9.17) is 4.74 Å². The van der Waals surface area contributed by atoms with E-state index >= 15 is 0 Å². The molecule has 3 heterocycles. The first kappa shape index (κ1) is 20.1. The Bertz CT molecular complexity index is 971. The van der Waals surface area contributed by atoms with Crippen molar-refractivity contribution < 1.29 is 14.3 Å². The summed E-state index contributed by atoms with van der Waals surface area (Å²) in [7, 11) is 0. The first-order valence-electron chi connectivity index (χ1n) is 10.3. The molecule has 1 aromatic carbocycles. The van der Waals surface area contributed by atoms with Crippen LogP contribution in [0.2, 0.25) is 0 Å². The minimum atomic E-state index is -0.326. The number of rotatable bonds is 5. The molecule has 0 bridgehead atoms. The van der Waals surface area contributed by atoms with Gasteiger partial charge in [-0.15, -0.1) is 0 Å². The van der Waals surface area contributed by atoms with Crippen LogP contribution in [0.4, 0.5) is 11.4 Å². The average molecular weight is 407 g/mol. The number of nitriles is 1. The number of nitrogens with zero attached hydrogens (tertiary/aromatic N) is 3. The molecule has 4 rings (SSSR count). The summed E-state index contributed by atoms with van der Waals surface area (Å²) in [6, 6.07) is 11.4. The van der Waals surface area contributed by atoms with Crippen molar-refractivity contribution in [3.8, 4) is 6.07 Å².